The summed E-state index contributed by atoms with van der Waals surface area (Å²) in [6.45, 7) is 0. The molecule has 0 amide bonds. The van der Waals surface area contributed by atoms with Crippen LogP contribution >= 0.6 is 0 Å². The van der Waals surface area contributed by atoms with Crippen LogP contribution in [-0.2, 0) is 29.0 Å². The molecular formula is C10H14NO3Rh-. The van der Waals surface area contributed by atoms with Crippen molar-refractivity contribution in [2.45, 2.75) is 18.9 Å². The Morgan fingerprint density at radius 2 is 2.47 bits per heavy atom. The summed E-state index contributed by atoms with van der Waals surface area (Å²) in [4.78, 5) is 10.5. The summed E-state index contributed by atoms with van der Waals surface area (Å²) < 4.78 is 4.77. The minimum absolute atomic E-state index is 0. The van der Waals surface area contributed by atoms with Gasteiger partial charge in [-0.3, -0.25) is 4.79 Å². The molecule has 0 spiro atoms. The predicted octanol–water partition coefficient (Wildman–Crippen LogP) is 1.05. The molecule has 0 saturated carbocycles. The van der Waals surface area contributed by atoms with Gasteiger partial charge in [0.25, 0.3) is 0 Å². The number of ether oxygens (including phenoxy) is 1. The Labute approximate surface area is 102 Å². The largest absolute Gasteiger partial charge is 0.666 e. The SMILES string of the molecule is [CH2-]OC1=CCC(CC(N)C(=O)O)C=C1.[Rh]. The first-order valence-corrected chi connectivity index (χ1v) is 4.42. The Balaban J connectivity index is 0.00000196. The van der Waals surface area contributed by atoms with Crippen molar-refractivity contribution in [3.63, 3.8) is 0 Å². The zero-order chi connectivity index (χ0) is 10.6. The number of carboxylic acids is 1. The molecule has 15 heavy (non-hydrogen) atoms. The Morgan fingerprint density at radius 3 is 2.87 bits per heavy atom. The summed E-state index contributed by atoms with van der Waals surface area (Å²) in [5.41, 5.74) is 5.42. The Bertz CT molecular complexity index is 276. The average molecular weight is 299 g/mol. The second-order valence-electron chi connectivity index (χ2n) is 3.29. The number of carbonyl (C=O) groups is 1. The maximum Gasteiger partial charge on any atom is 0.320 e. The van der Waals surface area contributed by atoms with Gasteiger partial charge in [-0.2, -0.15) is 7.11 Å². The number of nitrogens with two attached hydrogens (primary N) is 1. The van der Waals surface area contributed by atoms with Crippen molar-refractivity contribution in [1.29, 1.82) is 0 Å². The molecular weight excluding hydrogens is 285 g/mol. The molecule has 4 nitrogen and oxygen atoms in total. The zero-order valence-corrected chi connectivity index (χ0v) is 9.82. The molecule has 1 radical (unpaired) electrons. The summed E-state index contributed by atoms with van der Waals surface area (Å²) in [6.07, 6.45) is 6.78. The van der Waals surface area contributed by atoms with Crippen molar-refractivity contribution < 1.29 is 34.1 Å². The van der Waals surface area contributed by atoms with Crippen LogP contribution in [0, 0.1) is 13.0 Å². The van der Waals surface area contributed by atoms with Gasteiger partial charge in [0.1, 0.15) is 6.04 Å². The van der Waals surface area contributed by atoms with Crippen LogP contribution in [0.1, 0.15) is 12.8 Å². The van der Waals surface area contributed by atoms with Crippen LogP contribution in [0.25, 0.3) is 0 Å². The summed E-state index contributed by atoms with van der Waals surface area (Å²) in [7, 11) is 3.29. The third-order valence-electron chi connectivity index (χ3n) is 2.19. The Hall–Kier alpha value is -0.667. The molecule has 0 fully saturated rings. The molecule has 2 unspecified atom stereocenters. The molecule has 0 heterocycles. The molecule has 0 aromatic rings. The van der Waals surface area contributed by atoms with Gasteiger partial charge in [-0.25, -0.2) is 0 Å². The van der Waals surface area contributed by atoms with E-state index in [1.165, 1.54) is 0 Å². The fourth-order valence-corrected chi connectivity index (χ4v) is 1.35. The van der Waals surface area contributed by atoms with Crippen molar-refractivity contribution in [1.82, 2.24) is 0 Å². The number of aliphatic carboxylic acids is 1. The molecule has 2 atom stereocenters. The Morgan fingerprint density at radius 1 is 1.80 bits per heavy atom. The van der Waals surface area contributed by atoms with Crippen molar-refractivity contribution in [2.24, 2.45) is 11.7 Å². The summed E-state index contributed by atoms with van der Waals surface area (Å²) in [6, 6.07) is -0.791. The van der Waals surface area contributed by atoms with E-state index in [2.05, 4.69) is 7.11 Å². The van der Waals surface area contributed by atoms with Crippen LogP contribution in [0.15, 0.2) is 24.0 Å². The van der Waals surface area contributed by atoms with Crippen LogP contribution in [0.3, 0.4) is 0 Å². The van der Waals surface area contributed by atoms with Gasteiger partial charge >= 0.3 is 5.97 Å². The summed E-state index contributed by atoms with van der Waals surface area (Å²) >= 11 is 0. The first kappa shape index (κ1) is 14.3. The van der Waals surface area contributed by atoms with Crippen molar-refractivity contribution in [2.75, 3.05) is 0 Å². The molecule has 0 aliphatic heterocycles. The first-order valence-electron chi connectivity index (χ1n) is 4.42. The van der Waals surface area contributed by atoms with E-state index in [0.717, 1.165) is 6.42 Å². The minimum Gasteiger partial charge on any atom is -0.666 e. The standard InChI is InChI=1S/C10H14NO3.Rh/c1-14-8-4-2-7(3-5-8)6-9(11)10(12)13;/h2,4-5,7,9H,1,3,6,11H2,(H,12,13);/q-1;. The molecule has 3 N–H and O–H groups in total. The molecule has 1 rings (SSSR count). The molecule has 0 aromatic heterocycles. The van der Waals surface area contributed by atoms with E-state index in [1.54, 1.807) is 6.08 Å². The van der Waals surface area contributed by atoms with Gasteiger partial charge in [0, 0.05) is 19.5 Å². The summed E-state index contributed by atoms with van der Waals surface area (Å²) in [5, 5.41) is 8.61. The molecule has 0 aromatic carbocycles. The van der Waals surface area contributed by atoms with Gasteiger partial charge in [-0.05, 0) is 30.9 Å². The number of hydrogen-bond donors (Lipinski definition) is 2. The Kier molecular flexibility index (Phi) is 6.45. The zero-order valence-electron chi connectivity index (χ0n) is 8.18. The first-order chi connectivity index (χ1) is 6.63. The average Bonchev–Trinajstić information content (AvgIpc) is 2.19. The molecule has 5 heteroatoms. The number of allylic oxidation sites excluding steroid dienone is 3. The third kappa shape index (κ3) is 4.58. The molecule has 87 valence electrons. The number of carboxylic acid groups (broad SMARTS) is 1. The van der Waals surface area contributed by atoms with Gasteiger partial charge < -0.3 is 15.6 Å². The van der Waals surface area contributed by atoms with Gasteiger partial charge in [0.2, 0.25) is 0 Å². The van der Waals surface area contributed by atoms with Crippen molar-refractivity contribution in [3.8, 4) is 0 Å². The molecule has 1 aliphatic carbocycles. The predicted molar refractivity (Wildman–Crippen MR) is 52.0 cm³/mol. The molecule has 0 bridgehead atoms. The quantitative estimate of drug-likeness (QED) is 0.601. The van der Waals surface area contributed by atoms with Gasteiger partial charge in [0.05, 0.1) is 5.76 Å². The second-order valence-corrected chi connectivity index (χ2v) is 3.29. The van der Waals surface area contributed by atoms with E-state index in [9.17, 15) is 4.79 Å². The smallest absolute Gasteiger partial charge is 0.320 e. The summed E-state index contributed by atoms with van der Waals surface area (Å²) in [5.74, 6) is -0.0632. The maximum absolute atomic E-state index is 10.5. The third-order valence-corrected chi connectivity index (χ3v) is 2.19. The van der Waals surface area contributed by atoms with Crippen LogP contribution in [0.2, 0.25) is 0 Å². The van der Waals surface area contributed by atoms with E-state index in [0.29, 0.717) is 12.2 Å². The molecule has 0 saturated heterocycles. The monoisotopic (exact) mass is 299 g/mol. The van der Waals surface area contributed by atoms with Crippen LogP contribution in [-0.4, -0.2) is 17.1 Å². The van der Waals surface area contributed by atoms with E-state index >= 15 is 0 Å². The van der Waals surface area contributed by atoms with Gasteiger partial charge in [-0.1, -0.05) is 6.08 Å². The minimum atomic E-state index is -0.957. The van der Waals surface area contributed by atoms with Crippen LogP contribution < -0.4 is 5.73 Å². The number of rotatable bonds is 4. The normalized spacial score (nSPS) is 21.2. The molecule has 1 aliphatic rings. The van der Waals surface area contributed by atoms with Crippen LogP contribution in [0.5, 0.6) is 0 Å². The topological polar surface area (TPSA) is 72.5 Å². The maximum atomic E-state index is 10.5. The van der Waals surface area contributed by atoms with E-state index in [-0.39, 0.29) is 25.4 Å². The van der Waals surface area contributed by atoms with Crippen molar-refractivity contribution >= 4 is 5.97 Å². The van der Waals surface area contributed by atoms with E-state index < -0.39 is 12.0 Å². The fourth-order valence-electron chi connectivity index (χ4n) is 1.35. The van der Waals surface area contributed by atoms with Gasteiger partial charge in [-0.15, -0.1) is 0 Å². The van der Waals surface area contributed by atoms with Gasteiger partial charge in [0.15, 0.2) is 0 Å². The second kappa shape index (κ2) is 6.75. The number of hydrogen-bond acceptors (Lipinski definition) is 3. The van der Waals surface area contributed by atoms with Crippen LogP contribution in [0.4, 0.5) is 0 Å². The fraction of sp³-hybridized carbons (Fsp3) is 0.400. The van der Waals surface area contributed by atoms with E-state index in [1.807, 2.05) is 12.2 Å². The van der Waals surface area contributed by atoms with E-state index in [4.69, 9.17) is 15.6 Å². The van der Waals surface area contributed by atoms with Crippen molar-refractivity contribution in [3.05, 3.63) is 31.1 Å².